The highest BCUT2D eigenvalue weighted by atomic mass is 32.2. The fourth-order valence-corrected chi connectivity index (χ4v) is 8.63. The summed E-state index contributed by atoms with van der Waals surface area (Å²) in [6.07, 6.45) is 13.6. The first-order valence-corrected chi connectivity index (χ1v) is 19.5. The Bertz CT molecular complexity index is 2330. The molecule has 0 spiro atoms. The first kappa shape index (κ1) is 35.3. The predicted molar refractivity (Wildman–Crippen MR) is 196 cm³/mol. The third kappa shape index (κ3) is 7.03. The minimum atomic E-state index is -4.18. The molecule has 0 radical (unpaired) electrons. The number of halogens is 2. The van der Waals surface area contributed by atoms with Crippen molar-refractivity contribution in [3.63, 3.8) is 0 Å². The molecule has 3 aliphatic rings. The summed E-state index contributed by atoms with van der Waals surface area (Å²) in [5.74, 6) is 2.24. The van der Waals surface area contributed by atoms with Gasteiger partial charge in [-0.1, -0.05) is 43.5 Å². The average Bonchev–Trinajstić information content (AvgIpc) is 3.76. The molecule has 2 aromatic carbocycles. The van der Waals surface area contributed by atoms with E-state index in [4.69, 9.17) is 20.3 Å². The van der Waals surface area contributed by atoms with Crippen LogP contribution in [0.5, 0.6) is 6.01 Å². The number of nitrogens with one attached hydrogen (secondary N) is 1. The summed E-state index contributed by atoms with van der Waals surface area (Å²) in [6, 6.07) is 8.65. The van der Waals surface area contributed by atoms with Crippen LogP contribution in [0.3, 0.4) is 0 Å². The lowest BCUT2D eigenvalue weighted by Gasteiger charge is -2.34. The largest absolute Gasteiger partial charge is 0.463 e. The van der Waals surface area contributed by atoms with Gasteiger partial charge in [0.25, 0.3) is 0 Å². The number of aromatic nitrogens is 6. The summed E-state index contributed by atoms with van der Waals surface area (Å²) in [7, 11) is -4.18. The Morgan fingerprint density at radius 1 is 1.08 bits per heavy atom. The van der Waals surface area contributed by atoms with E-state index in [9.17, 15) is 12.8 Å². The lowest BCUT2D eigenvalue weighted by molar-refractivity contribution is 0.147. The molecule has 5 aromatic rings. The van der Waals surface area contributed by atoms with Crippen LogP contribution >= 0.6 is 0 Å². The van der Waals surface area contributed by atoms with Gasteiger partial charge in [-0.15, -0.1) is 15.6 Å². The number of pyridine rings is 1. The molecule has 1 N–H and O–H groups in total. The van der Waals surface area contributed by atoms with Gasteiger partial charge in [0.05, 0.1) is 23.7 Å². The van der Waals surface area contributed by atoms with E-state index in [2.05, 4.69) is 36.2 Å². The van der Waals surface area contributed by atoms with Gasteiger partial charge < -0.3 is 15.0 Å². The number of hydrogen-bond donors (Lipinski definition) is 1. The molecule has 5 heterocycles. The van der Waals surface area contributed by atoms with Gasteiger partial charge in [-0.3, -0.25) is 4.98 Å². The maximum atomic E-state index is 16.9. The van der Waals surface area contributed by atoms with Crippen molar-refractivity contribution in [3.05, 3.63) is 65.9 Å². The highest BCUT2D eigenvalue weighted by Gasteiger charge is 2.35. The Balaban J connectivity index is 1.10. The minimum absolute atomic E-state index is 0.0137. The summed E-state index contributed by atoms with van der Waals surface area (Å²) in [4.78, 5) is 20.2. The molecule has 1 aliphatic carbocycles. The Hall–Kier alpha value is -4.78. The van der Waals surface area contributed by atoms with Gasteiger partial charge in [-0.25, -0.2) is 17.9 Å². The summed E-state index contributed by atoms with van der Waals surface area (Å²) in [5, 5.41) is 9.20. The molecular formula is C38H40F2N8O4S. The smallest absolute Gasteiger partial charge is 0.383 e. The Morgan fingerprint density at radius 2 is 1.87 bits per heavy atom. The van der Waals surface area contributed by atoms with Crippen molar-refractivity contribution in [1.82, 2.24) is 34.4 Å². The van der Waals surface area contributed by atoms with E-state index in [-0.39, 0.29) is 53.3 Å². The van der Waals surface area contributed by atoms with Crippen molar-refractivity contribution in [2.24, 2.45) is 5.92 Å². The van der Waals surface area contributed by atoms with Gasteiger partial charge in [-0.2, -0.15) is 18.4 Å². The van der Waals surface area contributed by atoms with Crippen LogP contribution in [-0.2, 0) is 14.5 Å². The number of hydrogen-bond acceptors (Lipinski definition) is 11. The first-order chi connectivity index (χ1) is 25.6. The Kier molecular flexibility index (Phi) is 9.46. The van der Waals surface area contributed by atoms with E-state index in [1.165, 1.54) is 12.4 Å². The summed E-state index contributed by atoms with van der Waals surface area (Å²) in [5.41, 5.74) is 0.373. The fraction of sp³-hybridized carbons (Fsp3) is 0.447. The molecule has 15 heteroatoms. The lowest BCUT2D eigenvalue weighted by Crippen LogP contribution is -2.51. The second kappa shape index (κ2) is 14.2. The second-order valence-corrected chi connectivity index (χ2v) is 15.8. The van der Waals surface area contributed by atoms with Gasteiger partial charge in [0, 0.05) is 48.2 Å². The molecule has 53 heavy (non-hydrogen) atoms. The molecule has 3 unspecified atom stereocenters. The van der Waals surface area contributed by atoms with Crippen LogP contribution in [-0.4, -0.2) is 75.4 Å². The number of piperazine rings is 1. The van der Waals surface area contributed by atoms with Crippen LogP contribution in [0.25, 0.3) is 32.9 Å². The number of ether oxygens (including phenoxy) is 1. The average molecular weight is 743 g/mol. The van der Waals surface area contributed by atoms with E-state index in [1.807, 2.05) is 6.92 Å². The standard InChI is InChI=1S/C38H40F2N8O4S/c1-4-7-23(16-22(3)52-53(49,50)48-21-42-36(46-48)25-10-11-25)20-51-38-44-35-30(37(45-38)47-18-26-13-14-27(19-47)43-26)17-41-34(33(35)40)29-9-6-8-24-12-15-31(39)28(5-2)32(24)29/h2,6,8-9,12,15,17,21-23,25-27,43H,4,7,10-11,13-14,16,18-20H2,1,3H3/t22-,23?,26?,27?/m1/s1. The molecule has 2 aliphatic heterocycles. The summed E-state index contributed by atoms with van der Waals surface area (Å²) in [6.45, 7) is 5.21. The summed E-state index contributed by atoms with van der Waals surface area (Å²) >= 11 is 0. The second-order valence-electron chi connectivity index (χ2n) is 14.3. The van der Waals surface area contributed by atoms with Gasteiger partial charge in [0.15, 0.2) is 11.6 Å². The molecular weight excluding hydrogens is 703 g/mol. The highest BCUT2D eigenvalue weighted by molar-refractivity contribution is 7.85. The van der Waals surface area contributed by atoms with Crippen molar-refractivity contribution in [1.29, 1.82) is 0 Å². The fourth-order valence-electron chi connectivity index (χ4n) is 7.70. The van der Waals surface area contributed by atoms with E-state index in [1.54, 1.807) is 37.4 Å². The highest BCUT2D eigenvalue weighted by Crippen LogP contribution is 2.39. The molecule has 0 amide bonds. The van der Waals surface area contributed by atoms with Crippen molar-refractivity contribution in [2.75, 3.05) is 24.6 Å². The molecule has 4 atom stereocenters. The first-order valence-electron chi connectivity index (χ1n) is 18.1. The molecule has 2 saturated heterocycles. The van der Waals surface area contributed by atoms with Crippen molar-refractivity contribution >= 4 is 37.8 Å². The predicted octanol–water partition coefficient (Wildman–Crippen LogP) is 5.90. The van der Waals surface area contributed by atoms with Crippen LogP contribution in [0.4, 0.5) is 14.6 Å². The molecule has 8 rings (SSSR count). The number of fused-ring (bicyclic) bond motifs is 4. The maximum Gasteiger partial charge on any atom is 0.383 e. The molecule has 3 aromatic heterocycles. The van der Waals surface area contributed by atoms with Crippen LogP contribution in [0.15, 0.2) is 42.9 Å². The SMILES string of the molecule is C#Cc1c(F)ccc2cccc(-c3ncc4c(N5CC6CCC(C5)N6)nc(OCC(CCC)C[C@@H](C)OS(=O)(=O)n5cnc(C6CC6)n5)nc4c3F)c12. The molecule has 1 saturated carbocycles. The third-order valence-corrected chi connectivity index (χ3v) is 11.5. The molecule has 12 nitrogen and oxygen atoms in total. The molecule has 276 valence electrons. The lowest BCUT2D eigenvalue weighted by atomic mass is 9.96. The van der Waals surface area contributed by atoms with Crippen LogP contribution in [0.1, 0.15) is 76.1 Å². The normalized spacial score (nSPS) is 19.8. The van der Waals surface area contributed by atoms with Crippen LogP contribution in [0, 0.1) is 29.9 Å². The zero-order chi connectivity index (χ0) is 36.9. The molecule has 3 fully saturated rings. The topological polar surface area (TPSA) is 137 Å². The number of rotatable bonds is 13. The van der Waals surface area contributed by atoms with E-state index >= 15 is 4.39 Å². The van der Waals surface area contributed by atoms with Gasteiger partial charge in [0.2, 0.25) is 0 Å². The minimum Gasteiger partial charge on any atom is -0.463 e. The van der Waals surface area contributed by atoms with Gasteiger partial charge >= 0.3 is 16.3 Å². The van der Waals surface area contributed by atoms with Crippen LogP contribution in [0.2, 0.25) is 0 Å². The summed E-state index contributed by atoms with van der Waals surface area (Å²) < 4.78 is 70.3. The van der Waals surface area contributed by atoms with Crippen molar-refractivity contribution in [3.8, 4) is 29.6 Å². The van der Waals surface area contributed by atoms with Gasteiger partial charge in [-0.05, 0) is 62.8 Å². The molecule has 2 bridgehead atoms. The zero-order valence-corrected chi connectivity index (χ0v) is 30.3. The quantitative estimate of drug-likeness (QED) is 0.145. The van der Waals surface area contributed by atoms with E-state index in [0.29, 0.717) is 59.3 Å². The van der Waals surface area contributed by atoms with E-state index in [0.717, 1.165) is 36.2 Å². The number of nitrogens with zero attached hydrogens (tertiary/aromatic N) is 7. The number of anilines is 1. The van der Waals surface area contributed by atoms with E-state index < -0.39 is 28.0 Å². The Labute approximate surface area is 306 Å². The number of benzene rings is 2. The number of terminal acetylenes is 1. The Morgan fingerprint density at radius 3 is 2.60 bits per heavy atom. The van der Waals surface area contributed by atoms with Crippen molar-refractivity contribution in [2.45, 2.75) is 82.9 Å². The van der Waals surface area contributed by atoms with Gasteiger partial charge in [0.1, 0.15) is 29.2 Å². The monoisotopic (exact) mass is 742 g/mol. The zero-order valence-electron chi connectivity index (χ0n) is 29.5. The third-order valence-electron chi connectivity index (χ3n) is 10.3. The van der Waals surface area contributed by atoms with Crippen molar-refractivity contribution < 1.29 is 26.1 Å². The van der Waals surface area contributed by atoms with Crippen LogP contribution < -0.4 is 15.0 Å². The maximum absolute atomic E-state index is 16.9.